The molecule has 1 aromatic heterocycles. The fraction of sp³-hybridized carbons (Fsp3) is 0.357. The Bertz CT molecular complexity index is 1020. The fourth-order valence-corrected chi connectivity index (χ4v) is 4.36. The van der Waals surface area contributed by atoms with Gasteiger partial charge in [-0.25, -0.2) is 0 Å². The Kier molecular flexibility index (Phi) is 7.61. The number of benzene rings is 2. The molecule has 0 radical (unpaired) electrons. The number of carbonyl (C=O) groups is 2. The Morgan fingerprint density at radius 1 is 0.909 bits per heavy atom. The van der Waals surface area contributed by atoms with Gasteiger partial charge in [0, 0.05) is 19.0 Å². The summed E-state index contributed by atoms with van der Waals surface area (Å²) in [6.45, 7) is 3.73. The average molecular weight is 445 g/mol. The number of nitrogens with zero attached hydrogens (tertiary/aromatic N) is 2. The van der Waals surface area contributed by atoms with Gasteiger partial charge >= 0.3 is 0 Å². The van der Waals surface area contributed by atoms with Gasteiger partial charge in [-0.1, -0.05) is 67.6 Å². The molecule has 3 aromatic rings. The maximum atomic E-state index is 13.4. The topological polar surface area (TPSA) is 53.8 Å². The third-order valence-electron chi connectivity index (χ3n) is 6.26. The number of carbonyl (C=O) groups excluding carboxylic acids is 2. The molecule has 0 saturated heterocycles. The van der Waals surface area contributed by atoms with Crippen LogP contribution < -0.4 is 0 Å². The maximum Gasteiger partial charge on any atom is 0.242 e. The molecule has 1 aliphatic rings. The Hall–Kier alpha value is -3.34. The van der Waals surface area contributed by atoms with Gasteiger partial charge in [-0.05, 0) is 48.4 Å². The first-order chi connectivity index (χ1) is 16.2. The molecule has 1 fully saturated rings. The minimum Gasteiger partial charge on any atom is -0.467 e. The van der Waals surface area contributed by atoms with Crippen LogP contribution in [-0.4, -0.2) is 41.2 Å². The molecule has 2 unspecified atom stereocenters. The third-order valence-corrected chi connectivity index (χ3v) is 6.26. The van der Waals surface area contributed by atoms with Crippen LogP contribution in [0.5, 0.6) is 0 Å². The second-order valence-corrected chi connectivity index (χ2v) is 8.75. The van der Waals surface area contributed by atoms with Crippen molar-refractivity contribution in [2.24, 2.45) is 5.92 Å². The first-order valence-electron chi connectivity index (χ1n) is 11.8. The van der Waals surface area contributed by atoms with Crippen molar-refractivity contribution in [2.75, 3.05) is 19.6 Å². The van der Waals surface area contributed by atoms with Gasteiger partial charge in [-0.15, -0.1) is 0 Å². The first kappa shape index (κ1) is 22.8. The molecule has 172 valence electrons. The summed E-state index contributed by atoms with van der Waals surface area (Å²) in [5, 5.41) is 0. The lowest BCUT2D eigenvalue weighted by molar-refractivity contribution is -0.141. The van der Waals surface area contributed by atoms with Gasteiger partial charge in [-0.3, -0.25) is 9.59 Å². The van der Waals surface area contributed by atoms with Crippen LogP contribution in [-0.2, 0) is 22.6 Å². The molecule has 5 heteroatoms. The zero-order valence-electron chi connectivity index (χ0n) is 19.2. The van der Waals surface area contributed by atoms with Gasteiger partial charge in [0.2, 0.25) is 11.8 Å². The van der Waals surface area contributed by atoms with Crippen LogP contribution in [0.1, 0.15) is 42.6 Å². The van der Waals surface area contributed by atoms with E-state index in [1.54, 1.807) is 11.2 Å². The van der Waals surface area contributed by atoms with Gasteiger partial charge in [0.1, 0.15) is 5.76 Å². The predicted octanol–water partition coefficient (Wildman–Crippen LogP) is 4.89. The molecule has 0 N–H and O–H groups in total. The van der Waals surface area contributed by atoms with Crippen molar-refractivity contribution in [3.63, 3.8) is 0 Å². The fourth-order valence-electron chi connectivity index (χ4n) is 4.36. The van der Waals surface area contributed by atoms with Crippen LogP contribution in [0.25, 0.3) is 0 Å². The zero-order chi connectivity index (χ0) is 23.0. The zero-order valence-corrected chi connectivity index (χ0v) is 19.2. The molecule has 2 atom stereocenters. The summed E-state index contributed by atoms with van der Waals surface area (Å²) in [6.07, 6.45) is 4.07. The SMILES string of the molecule is CCCN(CC(=O)N(CCc1ccccc1)Cc1ccco1)C(=O)C1CC1c1ccccc1. The molecule has 33 heavy (non-hydrogen) atoms. The second kappa shape index (κ2) is 11.0. The summed E-state index contributed by atoms with van der Waals surface area (Å²) in [5.74, 6) is 1.05. The third kappa shape index (κ3) is 6.13. The largest absolute Gasteiger partial charge is 0.467 e. The molecular formula is C28H32N2O3. The highest BCUT2D eigenvalue weighted by atomic mass is 16.3. The highest BCUT2D eigenvalue weighted by Crippen LogP contribution is 2.48. The predicted molar refractivity (Wildman–Crippen MR) is 128 cm³/mol. The molecular weight excluding hydrogens is 412 g/mol. The highest BCUT2D eigenvalue weighted by molar-refractivity contribution is 5.88. The van der Waals surface area contributed by atoms with Gasteiger partial charge < -0.3 is 14.2 Å². The van der Waals surface area contributed by atoms with E-state index >= 15 is 0 Å². The molecule has 2 aromatic carbocycles. The quantitative estimate of drug-likeness (QED) is 0.423. The Morgan fingerprint density at radius 3 is 2.30 bits per heavy atom. The first-order valence-corrected chi connectivity index (χ1v) is 11.8. The Balaban J connectivity index is 1.41. The molecule has 0 spiro atoms. The van der Waals surface area contributed by atoms with Crippen molar-refractivity contribution in [2.45, 2.75) is 38.6 Å². The highest BCUT2D eigenvalue weighted by Gasteiger charge is 2.45. The van der Waals surface area contributed by atoms with E-state index in [9.17, 15) is 9.59 Å². The van der Waals surface area contributed by atoms with Gasteiger partial charge in [0.25, 0.3) is 0 Å². The average Bonchev–Trinajstić information content (AvgIpc) is 3.49. The summed E-state index contributed by atoms with van der Waals surface area (Å²) < 4.78 is 5.50. The summed E-state index contributed by atoms with van der Waals surface area (Å²) in [4.78, 5) is 30.2. The van der Waals surface area contributed by atoms with Crippen molar-refractivity contribution in [1.29, 1.82) is 0 Å². The number of hydrogen-bond donors (Lipinski definition) is 0. The number of furan rings is 1. The van der Waals surface area contributed by atoms with Crippen LogP contribution in [0.15, 0.2) is 83.5 Å². The van der Waals surface area contributed by atoms with Crippen LogP contribution in [0.2, 0.25) is 0 Å². The standard InChI is InChI=1S/C28H32N2O3/c1-2-16-30(28(32)26-19-25(26)23-12-7-4-8-13-23)21-27(31)29(20-24-14-9-18-33-24)17-15-22-10-5-3-6-11-22/h3-14,18,25-26H,2,15-17,19-21H2,1H3. The van der Waals surface area contributed by atoms with E-state index in [1.165, 1.54) is 11.1 Å². The van der Waals surface area contributed by atoms with Crippen molar-refractivity contribution in [3.05, 3.63) is 95.9 Å². The smallest absolute Gasteiger partial charge is 0.242 e. The molecule has 1 heterocycles. The van der Waals surface area contributed by atoms with Crippen molar-refractivity contribution < 1.29 is 14.0 Å². The molecule has 0 aliphatic heterocycles. The number of rotatable bonds is 11. The van der Waals surface area contributed by atoms with Crippen LogP contribution in [0, 0.1) is 5.92 Å². The molecule has 4 rings (SSSR count). The summed E-state index contributed by atoms with van der Waals surface area (Å²) in [5.41, 5.74) is 2.39. The van der Waals surface area contributed by atoms with E-state index in [-0.39, 0.29) is 30.2 Å². The normalized spacial score (nSPS) is 16.9. The van der Waals surface area contributed by atoms with Crippen molar-refractivity contribution in [1.82, 2.24) is 9.80 Å². The Labute approximate surface area is 196 Å². The summed E-state index contributed by atoms with van der Waals surface area (Å²) >= 11 is 0. The van der Waals surface area contributed by atoms with Gasteiger partial charge in [-0.2, -0.15) is 0 Å². The van der Waals surface area contributed by atoms with Crippen LogP contribution in [0.4, 0.5) is 0 Å². The van der Waals surface area contributed by atoms with E-state index in [0.717, 1.165) is 25.0 Å². The monoisotopic (exact) mass is 444 g/mol. The van der Waals surface area contributed by atoms with Gasteiger partial charge in [0.15, 0.2) is 0 Å². The van der Waals surface area contributed by atoms with E-state index in [0.29, 0.717) is 19.6 Å². The number of hydrogen-bond acceptors (Lipinski definition) is 3. The number of amides is 2. The Morgan fingerprint density at radius 2 is 1.64 bits per heavy atom. The van der Waals surface area contributed by atoms with E-state index in [2.05, 4.69) is 24.3 Å². The summed E-state index contributed by atoms with van der Waals surface area (Å²) in [7, 11) is 0. The minimum absolute atomic E-state index is 0.0189. The van der Waals surface area contributed by atoms with E-state index in [1.807, 2.05) is 60.4 Å². The minimum atomic E-state index is -0.0407. The lowest BCUT2D eigenvalue weighted by Gasteiger charge is -2.27. The summed E-state index contributed by atoms with van der Waals surface area (Å²) in [6, 6.07) is 24.1. The van der Waals surface area contributed by atoms with Gasteiger partial charge in [0.05, 0.1) is 19.4 Å². The van der Waals surface area contributed by atoms with Crippen LogP contribution >= 0.6 is 0 Å². The lowest BCUT2D eigenvalue weighted by atomic mass is 10.1. The second-order valence-electron chi connectivity index (χ2n) is 8.75. The molecule has 1 saturated carbocycles. The molecule has 2 amide bonds. The molecule has 5 nitrogen and oxygen atoms in total. The van der Waals surface area contributed by atoms with Crippen LogP contribution in [0.3, 0.4) is 0 Å². The van der Waals surface area contributed by atoms with Crippen molar-refractivity contribution in [3.8, 4) is 0 Å². The van der Waals surface area contributed by atoms with Crippen molar-refractivity contribution >= 4 is 11.8 Å². The lowest BCUT2D eigenvalue weighted by Crippen LogP contribution is -2.44. The maximum absolute atomic E-state index is 13.4. The molecule has 1 aliphatic carbocycles. The van der Waals surface area contributed by atoms with E-state index in [4.69, 9.17) is 4.42 Å². The van der Waals surface area contributed by atoms with E-state index < -0.39 is 0 Å². The molecule has 0 bridgehead atoms.